The van der Waals surface area contributed by atoms with Crippen molar-refractivity contribution in [3.8, 4) is 0 Å². The molecule has 2 aliphatic heterocycles. The molecule has 2 amide bonds. The number of piperidine rings is 1. The predicted molar refractivity (Wildman–Crippen MR) is 112 cm³/mol. The quantitative estimate of drug-likeness (QED) is 0.729. The molecule has 2 fully saturated rings. The summed E-state index contributed by atoms with van der Waals surface area (Å²) in [5.41, 5.74) is 2.65. The summed E-state index contributed by atoms with van der Waals surface area (Å²) < 4.78 is 0. The summed E-state index contributed by atoms with van der Waals surface area (Å²) in [5.74, 6) is 2.62. The number of hydrogen-bond donors (Lipinski definition) is 0. The summed E-state index contributed by atoms with van der Waals surface area (Å²) in [5, 5.41) is 0. The predicted octanol–water partition coefficient (Wildman–Crippen LogP) is 3.60. The van der Waals surface area contributed by atoms with E-state index >= 15 is 0 Å². The molecule has 1 atom stereocenters. The van der Waals surface area contributed by atoms with Crippen LogP contribution < -0.4 is 0 Å². The Balaban J connectivity index is 1.45. The maximum Gasteiger partial charge on any atom is 0.256 e. The highest BCUT2D eigenvalue weighted by Gasteiger charge is 2.32. The summed E-state index contributed by atoms with van der Waals surface area (Å²) >= 11 is 1.80. The Bertz CT molecular complexity index is 765. The molecule has 0 radical (unpaired) electrons. The minimum absolute atomic E-state index is 0.111. The summed E-state index contributed by atoms with van der Waals surface area (Å²) in [6, 6.07) is 3.89. The van der Waals surface area contributed by atoms with Gasteiger partial charge in [0, 0.05) is 42.9 Å². The number of amides is 2. The lowest BCUT2D eigenvalue weighted by atomic mass is 9.88. The van der Waals surface area contributed by atoms with Gasteiger partial charge >= 0.3 is 0 Å². The molecule has 0 bridgehead atoms. The third kappa shape index (κ3) is 4.12. The molecule has 0 spiro atoms. The van der Waals surface area contributed by atoms with Gasteiger partial charge in [-0.25, -0.2) is 0 Å². The third-order valence-electron chi connectivity index (χ3n) is 6.15. The number of thioether (sulfide) groups is 1. The van der Waals surface area contributed by atoms with Gasteiger partial charge in [-0.1, -0.05) is 12.2 Å². The van der Waals surface area contributed by atoms with Crippen molar-refractivity contribution in [3.63, 3.8) is 0 Å². The molecule has 28 heavy (non-hydrogen) atoms. The zero-order chi connectivity index (χ0) is 19.5. The highest BCUT2D eigenvalue weighted by Crippen LogP contribution is 2.32. The van der Waals surface area contributed by atoms with Crippen molar-refractivity contribution in [3.05, 3.63) is 41.2 Å². The Morgan fingerprint density at radius 2 is 1.89 bits per heavy atom. The molecule has 0 N–H and O–H groups in total. The second-order valence-corrected chi connectivity index (χ2v) is 9.15. The molecular formula is C22H29N3O2S. The molecule has 0 aromatic carbocycles. The maximum absolute atomic E-state index is 13.0. The Morgan fingerprint density at radius 1 is 1.07 bits per heavy atom. The number of likely N-dealkylation sites (tertiary alicyclic amines) is 1. The topological polar surface area (TPSA) is 53.5 Å². The van der Waals surface area contributed by atoms with E-state index in [0.29, 0.717) is 5.91 Å². The van der Waals surface area contributed by atoms with Crippen LogP contribution in [0.25, 0.3) is 0 Å². The number of hydrogen-bond acceptors (Lipinski definition) is 4. The fourth-order valence-corrected chi connectivity index (χ4v) is 5.41. The molecule has 6 heteroatoms. The van der Waals surface area contributed by atoms with E-state index in [4.69, 9.17) is 4.98 Å². The van der Waals surface area contributed by atoms with E-state index in [1.165, 1.54) is 0 Å². The van der Waals surface area contributed by atoms with Crippen molar-refractivity contribution in [2.24, 2.45) is 5.92 Å². The van der Waals surface area contributed by atoms with E-state index in [0.717, 1.165) is 80.3 Å². The monoisotopic (exact) mass is 399 g/mol. The van der Waals surface area contributed by atoms with Gasteiger partial charge in [-0.3, -0.25) is 14.6 Å². The Morgan fingerprint density at radius 3 is 2.57 bits per heavy atom. The maximum atomic E-state index is 13.0. The number of pyridine rings is 1. The fourth-order valence-electron chi connectivity index (χ4n) is 4.46. The van der Waals surface area contributed by atoms with E-state index in [1.54, 1.807) is 11.8 Å². The molecule has 150 valence electrons. The van der Waals surface area contributed by atoms with Crippen LogP contribution in [0.1, 0.15) is 59.8 Å². The number of allylic oxidation sites excluding steroid dienone is 2. The third-order valence-corrected chi connectivity index (χ3v) is 7.11. The Kier molecular flexibility index (Phi) is 6.04. The van der Waals surface area contributed by atoms with Gasteiger partial charge in [0.05, 0.1) is 17.1 Å². The molecule has 4 rings (SSSR count). The summed E-state index contributed by atoms with van der Waals surface area (Å²) in [7, 11) is 0. The molecular weight excluding hydrogens is 370 g/mol. The van der Waals surface area contributed by atoms with Crippen molar-refractivity contribution in [2.45, 2.75) is 44.9 Å². The number of aryl methyl sites for hydroxylation is 1. The van der Waals surface area contributed by atoms with Crippen molar-refractivity contribution in [1.82, 2.24) is 14.8 Å². The van der Waals surface area contributed by atoms with Crippen LogP contribution in [0, 0.1) is 12.8 Å². The van der Waals surface area contributed by atoms with Crippen molar-refractivity contribution >= 4 is 23.6 Å². The SMILES string of the molecule is Cc1ccc(C(=O)N2CCSC2)c(C2CCN(C(=O)C3CC=CCC3)CC2)n1. The van der Waals surface area contributed by atoms with Crippen molar-refractivity contribution in [1.29, 1.82) is 0 Å². The smallest absolute Gasteiger partial charge is 0.256 e. The largest absolute Gasteiger partial charge is 0.342 e. The molecule has 1 unspecified atom stereocenters. The standard InChI is InChI=1S/C22H29N3O2S/c1-16-7-8-19(22(27)25-13-14-28-15-25)20(23-16)17-9-11-24(12-10-17)21(26)18-5-3-2-4-6-18/h2-3,7-8,17-18H,4-6,9-15H2,1H3. The van der Waals surface area contributed by atoms with Crippen molar-refractivity contribution < 1.29 is 9.59 Å². The molecule has 5 nitrogen and oxygen atoms in total. The average Bonchev–Trinajstić information content (AvgIpc) is 3.28. The van der Waals surface area contributed by atoms with Gasteiger partial charge in [-0.05, 0) is 51.2 Å². The molecule has 1 aromatic rings. The highest BCUT2D eigenvalue weighted by atomic mass is 32.2. The average molecular weight is 400 g/mol. The molecule has 3 heterocycles. The van der Waals surface area contributed by atoms with E-state index < -0.39 is 0 Å². The van der Waals surface area contributed by atoms with E-state index in [1.807, 2.05) is 28.9 Å². The lowest BCUT2D eigenvalue weighted by Gasteiger charge is -2.35. The van der Waals surface area contributed by atoms with Gasteiger partial charge < -0.3 is 9.80 Å². The van der Waals surface area contributed by atoms with Gasteiger partial charge in [0.25, 0.3) is 5.91 Å². The van der Waals surface area contributed by atoms with E-state index in [-0.39, 0.29) is 17.7 Å². The van der Waals surface area contributed by atoms with Gasteiger partial charge in [0.15, 0.2) is 0 Å². The van der Waals surface area contributed by atoms with Crippen LogP contribution in [0.15, 0.2) is 24.3 Å². The molecule has 2 saturated heterocycles. The fraction of sp³-hybridized carbons (Fsp3) is 0.591. The normalized spacial score (nSPS) is 23.2. The Labute approximate surface area is 171 Å². The second-order valence-electron chi connectivity index (χ2n) is 8.07. The molecule has 1 aromatic heterocycles. The first-order chi connectivity index (χ1) is 13.6. The van der Waals surface area contributed by atoms with Gasteiger partial charge in [0.1, 0.15) is 0 Å². The number of aromatic nitrogens is 1. The van der Waals surface area contributed by atoms with Gasteiger partial charge in [-0.2, -0.15) is 0 Å². The van der Waals surface area contributed by atoms with Gasteiger partial charge in [-0.15, -0.1) is 11.8 Å². The summed E-state index contributed by atoms with van der Waals surface area (Å²) in [6.07, 6.45) is 8.96. The lowest BCUT2D eigenvalue weighted by Crippen LogP contribution is -2.42. The van der Waals surface area contributed by atoms with E-state index in [9.17, 15) is 9.59 Å². The van der Waals surface area contributed by atoms with Crippen LogP contribution in [-0.2, 0) is 4.79 Å². The van der Waals surface area contributed by atoms with Crippen LogP contribution in [-0.4, -0.2) is 57.9 Å². The van der Waals surface area contributed by atoms with E-state index in [2.05, 4.69) is 12.2 Å². The van der Waals surface area contributed by atoms with Crippen LogP contribution in [0.3, 0.4) is 0 Å². The second kappa shape index (κ2) is 8.68. The molecule has 3 aliphatic rings. The Hall–Kier alpha value is -1.82. The van der Waals surface area contributed by atoms with Gasteiger partial charge in [0.2, 0.25) is 5.91 Å². The minimum Gasteiger partial charge on any atom is -0.342 e. The number of rotatable bonds is 3. The lowest BCUT2D eigenvalue weighted by molar-refractivity contribution is -0.136. The van der Waals surface area contributed by atoms with Crippen LogP contribution in [0.5, 0.6) is 0 Å². The number of nitrogens with zero attached hydrogens (tertiary/aromatic N) is 3. The zero-order valence-electron chi connectivity index (χ0n) is 16.6. The van der Waals surface area contributed by atoms with Crippen LogP contribution >= 0.6 is 11.8 Å². The summed E-state index contributed by atoms with van der Waals surface area (Å²) in [6.45, 7) is 4.34. The first kappa shape index (κ1) is 19.5. The number of carbonyl (C=O) groups excluding carboxylic acids is 2. The molecule has 0 saturated carbocycles. The first-order valence-corrected chi connectivity index (χ1v) is 11.6. The zero-order valence-corrected chi connectivity index (χ0v) is 17.4. The minimum atomic E-state index is 0.111. The van der Waals surface area contributed by atoms with Crippen molar-refractivity contribution in [2.75, 3.05) is 31.3 Å². The van der Waals surface area contributed by atoms with Crippen LogP contribution in [0.2, 0.25) is 0 Å². The first-order valence-electron chi connectivity index (χ1n) is 10.4. The summed E-state index contributed by atoms with van der Waals surface area (Å²) in [4.78, 5) is 34.6. The number of carbonyl (C=O) groups is 2. The van der Waals surface area contributed by atoms with Crippen LogP contribution in [0.4, 0.5) is 0 Å². The highest BCUT2D eigenvalue weighted by molar-refractivity contribution is 7.99. The molecule has 1 aliphatic carbocycles.